The molecule has 1 fully saturated rings. The third-order valence-electron chi connectivity index (χ3n) is 2.41. The van der Waals surface area contributed by atoms with E-state index in [0.29, 0.717) is 11.8 Å². The molecule has 0 bridgehead atoms. The number of aromatic nitrogens is 2. The zero-order valence-corrected chi connectivity index (χ0v) is 9.00. The Morgan fingerprint density at radius 2 is 2.07 bits per heavy atom. The molecule has 0 radical (unpaired) electrons. The summed E-state index contributed by atoms with van der Waals surface area (Å²) in [7, 11) is 0. The maximum Gasteiger partial charge on any atom is 0.266 e. The summed E-state index contributed by atoms with van der Waals surface area (Å²) in [5, 5.41) is 3.71. The van der Waals surface area contributed by atoms with Gasteiger partial charge >= 0.3 is 0 Å². The summed E-state index contributed by atoms with van der Waals surface area (Å²) in [6.45, 7) is 3.88. The normalized spacial score (nSPS) is 19.7. The van der Waals surface area contributed by atoms with Gasteiger partial charge in [-0.05, 0) is 31.3 Å². The molecule has 2 heterocycles. The molecule has 2 rings (SSSR count). The maximum atomic E-state index is 5.84. The van der Waals surface area contributed by atoms with Crippen LogP contribution >= 0.6 is 11.6 Å². The molecule has 0 saturated carbocycles. The highest BCUT2D eigenvalue weighted by Gasteiger charge is 2.18. The van der Waals surface area contributed by atoms with E-state index in [-0.39, 0.29) is 5.38 Å². The zero-order valence-electron chi connectivity index (χ0n) is 8.24. The quantitative estimate of drug-likeness (QED) is 0.711. The van der Waals surface area contributed by atoms with Gasteiger partial charge in [-0.15, -0.1) is 11.6 Å². The van der Waals surface area contributed by atoms with Gasteiger partial charge in [0.1, 0.15) is 5.38 Å². The van der Waals surface area contributed by atoms with Crippen LogP contribution in [-0.4, -0.2) is 23.2 Å². The predicted octanol–water partition coefficient (Wildman–Crippen LogP) is 2.36. The number of piperidine rings is 1. The van der Waals surface area contributed by atoms with E-state index in [2.05, 4.69) is 15.0 Å². The molecule has 1 aromatic rings. The third kappa shape index (κ3) is 2.00. The lowest BCUT2D eigenvalue weighted by molar-refractivity contribution is 0.377. The largest absolute Gasteiger partial charge is 0.338 e. The minimum Gasteiger partial charge on any atom is -0.338 e. The highest BCUT2D eigenvalue weighted by molar-refractivity contribution is 6.20. The lowest BCUT2D eigenvalue weighted by Crippen LogP contribution is -2.30. The molecule has 0 aromatic carbocycles. The summed E-state index contributed by atoms with van der Waals surface area (Å²) in [5.74, 6) is 1.19. The van der Waals surface area contributed by atoms with Crippen LogP contribution in [0.2, 0.25) is 0 Å². The molecule has 1 unspecified atom stereocenters. The van der Waals surface area contributed by atoms with Gasteiger partial charge in [0.15, 0.2) is 0 Å². The highest BCUT2D eigenvalue weighted by Crippen LogP contribution is 2.21. The highest BCUT2D eigenvalue weighted by atomic mass is 35.5. The zero-order chi connectivity index (χ0) is 9.97. The van der Waals surface area contributed by atoms with E-state index in [1.54, 1.807) is 0 Å². The third-order valence-corrected chi connectivity index (χ3v) is 2.60. The van der Waals surface area contributed by atoms with Crippen molar-refractivity contribution in [2.75, 3.05) is 18.0 Å². The first-order valence-corrected chi connectivity index (χ1v) is 5.43. The molecule has 1 saturated heterocycles. The number of hydrogen-bond acceptors (Lipinski definition) is 4. The summed E-state index contributed by atoms with van der Waals surface area (Å²) < 4.78 is 5.04. The second-order valence-electron chi connectivity index (χ2n) is 3.60. The van der Waals surface area contributed by atoms with Gasteiger partial charge in [-0.2, -0.15) is 4.98 Å². The maximum absolute atomic E-state index is 5.84. The average Bonchev–Trinajstić information content (AvgIpc) is 2.68. The molecule has 4 nitrogen and oxygen atoms in total. The van der Waals surface area contributed by atoms with E-state index in [1.165, 1.54) is 19.3 Å². The molecule has 14 heavy (non-hydrogen) atoms. The predicted molar refractivity (Wildman–Crippen MR) is 54.6 cm³/mol. The molecule has 0 N–H and O–H groups in total. The molecule has 1 atom stereocenters. The van der Waals surface area contributed by atoms with Gasteiger partial charge in [0.25, 0.3) is 5.95 Å². The Kier molecular flexibility index (Phi) is 2.91. The summed E-state index contributed by atoms with van der Waals surface area (Å²) in [6, 6.07) is 0. The Morgan fingerprint density at radius 3 is 2.64 bits per heavy atom. The van der Waals surface area contributed by atoms with Gasteiger partial charge in [0.05, 0.1) is 0 Å². The van der Waals surface area contributed by atoms with Crippen molar-refractivity contribution < 1.29 is 4.52 Å². The molecule has 78 valence electrons. The molecule has 0 amide bonds. The molecule has 1 aliphatic rings. The van der Waals surface area contributed by atoms with E-state index >= 15 is 0 Å². The topological polar surface area (TPSA) is 42.2 Å². The van der Waals surface area contributed by atoms with Crippen LogP contribution in [0.4, 0.5) is 5.95 Å². The Labute approximate surface area is 88.2 Å². The van der Waals surface area contributed by atoms with E-state index < -0.39 is 0 Å². The lowest BCUT2D eigenvalue weighted by Gasteiger charge is -2.24. The van der Waals surface area contributed by atoms with Crippen LogP contribution in [-0.2, 0) is 0 Å². The van der Waals surface area contributed by atoms with Crippen LogP contribution in [0.5, 0.6) is 0 Å². The van der Waals surface area contributed by atoms with Crippen molar-refractivity contribution in [3.63, 3.8) is 0 Å². The van der Waals surface area contributed by atoms with Gasteiger partial charge in [0.2, 0.25) is 5.89 Å². The molecule has 5 heteroatoms. The number of halogens is 1. The Balaban J connectivity index is 2.07. The molecular formula is C9H14ClN3O. The van der Waals surface area contributed by atoms with E-state index in [9.17, 15) is 0 Å². The number of anilines is 1. The molecule has 0 spiro atoms. The minimum absolute atomic E-state index is 0.207. The minimum atomic E-state index is -0.207. The number of nitrogens with zero attached hydrogens (tertiary/aromatic N) is 3. The van der Waals surface area contributed by atoms with Crippen molar-refractivity contribution >= 4 is 17.5 Å². The van der Waals surface area contributed by atoms with Crippen molar-refractivity contribution in [1.29, 1.82) is 0 Å². The van der Waals surface area contributed by atoms with Crippen LogP contribution in [0.3, 0.4) is 0 Å². The van der Waals surface area contributed by atoms with Crippen LogP contribution in [0.1, 0.15) is 37.5 Å². The van der Waals surface area contributed by atoms with Crippen molar-refractivity contribution in [2.45, 2.75) is 31.6 Å². The van der Waals surface area contributed by atoms with Crippen LogP contribution < -0.4 is 4.90 Å². The van der Waals surface area contributed by atoms with Crippen LogP contribution in [0, 0.1) is 0 Å². The van der Waals surface area contributed by atoms with Crippen molar-refractivity contribution in [3.8, 4) is 0 Å². The van der Waals surface area contributed by atoms with Crippen LogP contribution in [0.15, 0.2) is 4.52 Å². The van der Waals surface area contributed by atoms with Gasteiger partial charge in [-0.25, -0.2) is 0 Å². The number of alkyl halides is 1. The van der Waals surface area contributed by atoms with Crippen molar-refractivity contribution in [3.05, 3.63) is 5.89 Å². The molecule has 0 aliphatic carbocycles. The number of rotatable bonds is 2. The first-order chi connectivity index (χ1) is 6.77. The fraction of sp³-hybridized carbons (Fsp3) is 0.778. The van der Waals surface area contributed by atoms with Gasteiger partial charge in [0, 0.05) is 13.1 Å². The fourth-order valence-corrected chi connectivity index (χ4v) is 1.70. The Bertz CT molecular complexity index is 294. The molecule has 1 aromatic heterocycles. The second-order valence-corrected chi connectivity index (χ2v) is 4.25. The summed E-state index contributed by atoms with van der Waals surface area (Å²) in [5.41, 5.74) is 0. The van der Waals surface area contributed by atoms with Crippen molar-refractivity contribution in [2.24, 2.45) is 0 Å². The van der Waals surface area contributed by atoms with Gasteiger partial charge < -0.3 is 9.42 Å². The lowest BCUT2D eigenvalue weighted by atomic mass is 10.1. The van der Waals surface area contributed by atoms with Gasteiger partial charge in [-0.1, -0.05) is 0 Å². The smallest absolute Gasteiger partial charge is 0.266 e. The van der Waals surface area contributed by atoms with Gasteiger partial charge in [-0.3, -0.25) is 0 Å². The second kappa shape index (κ2) is 4.17. The molecular weight excluding hydrogens is 202 g/mol. The van der Waals surface area contributed by atoms with E-state index in [0.717, 1.165) is 13.1 Å². The standard InChI is InChI=1S/C9H14ClN3O/c1-7(10)8-11-9(12-14-8)13-5-3-2-4-6-13/h7H,2-6H2,1H3. The Hall–Kier alpha value is -0.770. The fourth-order valence-electron chi connectivity index (χ4n) is 1.61. The van der Waals surface area contributed by atoms with Crippen LogP contribution in [0.25, 0.3) is 0 Å². The van der Waals surface area contributed by atoms with Crippen molar-refractivity contribution in [1.82, 2.24) is 10.1 Å². The SMILES string of the molecule is CC(Cl)c1nc(N2CCCCC2)no1. The summed E-state index contributed by atoms with van der Waals surface area (Å²) in [4.78, 5) is 6.40. The van der Waals surface area contributed by atoms with E-state index in [1.807, 2.05) is 6.92 Å². The average molecular weight is 216 g/mol. The first-order valence-electron chi connectivity index (χ1n) is 5.00. The summed E-state index contributed by atoms with van der Waals surface area (Å²) >= 11 is 5.84. The number of hydrogen-bond donors (Lipinski definition) is 0. The summed E-state index contributed by atoms with van der Waals surface area (Å²) in [6.07, 6.45) is 3.72. The molecule has 1 aliphatic heterocycles. The van der Waals surface area contributed by atoms with E-state index in [4.69, 9.17) is 16.1 Å². The Morgan fingerprint density at radius 1 is 1.36 bits per heavy atom. The first kappa shape index (κ1) is 9.77. The monoisotopic (exact) mass is 215 g/mol.